The van der Waals surface area contributed by atoms with Gasteiger partial charge < -0.3 is 9.15 Å². The summed E-state index contributed by atoms with van der Waals surface area (Å²) in [5, 5.41) is 0.725. The summed E-state index contributed by atoms with van der Waals surface area (Å²) in [5.41, 5.74) is -0.506. The lowest BCUT2D eigenvalue weighted by Gasteiger charge is -2.25. The van der Waals surface area contributed by atoms with Gasteiger partial charge in [-0.15, -0.1) is 11.8 Å². The van der Waals surface area contributed by atoms with Crippen LogP contribution in [0, 0.1) is 0 Å². The predicted molar refractivity (Wildman–Crippen MR) is 134 cm³/mol. The van der Waals surface area contributed by atoms with E-state index in [2.05, 4.69) is 9.88 Å². The van der Waals surface area contributed by atoms with Gasteiger partial charge in [-0.3, -0.25) is 14.7 Å². The normalized spacial score (nSPS) is 14.9. The second-order valence-electron chi connectivity index (χ2n) is 8.26. The fraction of sp³-hybridized carbons (Fsp3) is 0.440. The molecule has 0 bridgehead atoms. The molecule has 0 saturated carbocycles. The number of fused-ring (bicyclic) bond motifs is 1. The first-order valence-electron chi connectivity index (χ1n) is 11.5. The second-order valence-corrected chi connectivity index (χ2v) is 10.6. The van der Waals surface area contributed by atoms with Crippen LogP contribution in [0.15, 0.2) is 56.9 Å². The second kappa shape index (κ2) is 12.2. The molecular weight excluding hydrogens is 497 g/mol. The van der Waals surface area contributed by atoms with E-state index in [1.165, 1.54) is 18.4 Å². The molecule has 5 nitrogen and oxygen atoms in total. The van der Waals surface area contributed by atoms with Crippen molar-refractivity contribution >= 4 is 34.4 Å². The van der Waals surface area contributed by atoms with E-state index in [1.807, 2.05) is 17.8 Å². The van der Waals surface area contributed by atoms with Crippen molar-refractivity contribution in [2.24, 2.45) is 0 Å². The summed E-state index contributed by atoms with van der Waals surface area (Å²) in [7, 11) is 0. The van der Waals surface area contributed by atoms with Crippen molar-refractivity contribution in [1.82, 2.24) is 9.88 Å². The molecule has 1 aromatic carbocycles. The van der Waals surface area contributed by atoms with Gasteiger partial charge >= 0.3 is 6.18 Å². The van der Waals surface area contributed by atoms with Crippen LogP contribution in [-0.4, -0.2) is 46.8 Å². The summed E-state index contributed by atoms with van der Waals surface area (Å²) in [6, 6.07) is 7.03. The smallest absolute Gasteiger partial charge is 0.416 e. The van der Waals surface area contributed by atoms with Gasteiger partial charge in [0, 0.05) is 47.1 Å². The van der Waals surface area contributed by atoms with Crippen LogP contribution in [0.2, 0.25) is 0 Å². The SMILES string of the molecule is O=c1cc(CN2CCSCC2)occ1OCCCCCSc1ccnc2cc(C(F)(F)F)ccc12. The minimum atomic E-state index is -4.38. The van der Waals surface area contributed by atoms with Crippen LogP contribution in [-0.2, 0) is 12.7 Å². The van der Waals surface area contributed by atoms with Crippen LogP contribution in [0.3, 0.4) is 0 Å². The fourth-order valence-electron chi connectivity index (χ4n) is 3.78. The van der Waals surface area contributed by atoms with Crippen LogP contribution < -0.4 is 10.2 Å². The summed E-state index contributed by atoms with van der Waals surface area (Å²) in [5.74, 6) is 3.92. The van der Waals surface area contributed by atoms with Crippen molar-refractivity contribution in [1.29, 1.82) is 0 Å². The van der Waals surface area contributed by atoms with Crippen LogP contribution in [0.1, 0.15) is 30.6 Å². The number of ether oxygens (including phenoxy) is 1. The molecule has 0 amide bonds. The zero-order valence-corrected chi connectivity index (χ0v) is 20.8. The minimum absolute atomic E-state index is 0.161. The fourth-order valence-corrected chi connectivity index (χ4v) is 5.81. The lowest BCUT2D eigenvalue weighted by molar-refractivity contribution is -0.137. The third-order valence-electron chi connectivity index (χ3n) is 5.67. The Bertz CT molecular complexity index is 1180. The molecule has 0 unspecified atom stereocenters. The van der Waals surface area contributed by atoms with E-state index in [0.29, 0.717) is 24.4 Å². The minimum Gasteiger partial charge on any atom is -0.487 e. The standard InChI is InChI=1S/C25H27F3N2O3S2/c26-25(27,28)18-4-5-20-21(14-18)29-7-6-24(20)35-11-3-1-2-10-32-23-17-33-19(15-22(23)31)16-30-8-12-34-13-9-30/h4-7,14-15,17H,1-3,8-13,16H2. The molecule has 188 valence electrons. The number of halogens is 3. The number of alkyl halides is 3. The number of benzene rings is 1. The van der Waals surface area contributed by atoms with E-state index in [9.17, 15) is 18.0 Å². The Morgan fingerprint density at radius 3 is 2.71 bits per heavy atom. The molecule has 2 aromatic heterocycles. The Morgan fingerprint density at radius 1 is 1.11 bits per heavy atom. The van der Waals surface area contributed by atoms with E-state index in [0.717, 1.165) is 72.0 Å². The average Bonchev–Trinajstić information content (AvgIpc) is 2.84. The van der Waals surface area contributed by atoms with Gasteiger partial charge in [-0.2, -0.15) is 24.9 Å². The van der Waals surface area contributed by atoms with Gasteiger partial charge in [0.05, 0.1) is 24.2 Å². The van der Waals surface area contributed by atoms with Gasteiger partial charge in [-0.1, -0.05) is 6.07 Å². The number of nitrogens with zero attached hydrogens (tertiary/aromatic N) is 2. The van der Waals surface area contributed by atoms with Crippen molar-refractivity contribution in [3.63, 3.8) is 0 Å². The Kier molecular flexibility index (Phi) is 9.02. The molecule has 1 aliphatic heterocycles. The molecule has 10 heteroatoms. The van der Waals surface area contributed by atoms with E-state index in [1.54, 1.807) is 18.0 Å². The number of aromatic nitrogens is 1. The maximum absolute atomic E-state index is 12.9. The molecule has 0 radical (unpaired) electrons. The van der Waals surface area contributed by atoms with Gasteiger partial charge in [0.15, 0.2) is 0 Å². The summed E-state index contributed by atoms with van der Waals surface area (Å²) < 4.78 is 50.0. The molecule has 0 aliphatic carbocycles. The van der Waals surface area contributed by atoms with Gasteiger partial charge in [-0.25, -0.2) is 0 Å². The largest absolute Gasteiger partial charge is 0.487 e. The van der Waals surface area contributed by atoms with E-state index in [-0.39, 0.29) is 11.2 Å². The van der Waals surface area contributed by atoms with E-state index < -0.39 is 11.7 Å². The predicted octanol–water partition coefficient (Wildman–Crippen LogP) is 6.10. The van der Waals surface area contributed by atoms with Crippen molar-refractivity contribution in [3.05, 3.63) is 64.3 Å². The van der Waals surface area contributed by atoms with Crippen molar-refractivity contribution in [2.45, 2.75) is 36.9 Å². The Labute approximate surface area is 210 Å². The molecule has 4 rings (SSSR count). The molecule has 0 N–H and O–H groups in total. The van der Waals surface area contributed by atoms with Crippen molar-refractivity contribution in [2.75, 3.05) is 37.0 Å². The highest BCUT2D eigenvalue weighted by Gasteiger charge is 2.30. The topological polar surface area (TPSA) is 55.6 Å². The first-order chi connectivity index (χ1) is 16.9. The number of rotatable bonds is 10. The first kappa shape index (κ1) is 25.9. The first-order valence-corrected chi connectivity index (χ1v) is 13.7. The molecule has 1 fully saturated rings. The van der Waals surface area contributed by atoms with Crippen LogP contribution in [0.5, 0.6) is 5.75 Å². The third-order valence-corrected chi connectivity index (χ3v) is 7.77. The van der Waals surface area contributed by atoms with Gasteiger partial charge in [0.2, 0.25) is 11.2 Å². The molecule has 35 heavy (non-hydrogen) atoms. The highest BCUT2D eigenvalue weighted by molar-refractivity contribution is 7.99. The number of hydrogen-bond donors (Lipinski definition) is 0. The molecule has 3 heterocycles. The third kappa shape index (κ3) is 7.41. The lowest BCUT2D eigenvalue weighted by Crippen LogP contribution is -2.32. The van der Waals surface area contributed by atoms with E-state index in [4.69, 9.17) is 9.15 Å². The molecule has 0 spiro atoms. The molecule has 1 aliphatic rings. The van der Waals surface area contributed by atoms with Gasteiger partial charge in [0.1, 0.15) is 12.0 Å². The van der Waals surface area contributed by atoms with Gasteiger partial charge in [-0.05, 0) is 43.2 Å². The summed E-state index contributed by atoms with van der Waals surface area (Å²) in [6.45, 7) is 3.07. The Balaban J connectivity index is 1.18. The summed E-state index contributed by atoms with van der Waals surface area (Å²) in [4.78, 5) is 19.6. The number of unbranched alkanes of at least 4 members (excludes halogenated alkanes) is 2. The van der Waals surface area contributed by atoms with Crippen LogP contribution >= 0.6 is 23.5 Å². The highest BCUT2D eigenvalue weighted by Crippen LogP contribution is 2.34. The van der Waals surface area contributed by atoms with E-state index >= 15 is 0 Å². The molecule has 1 saturated heterocycles. The quantitative estimate of drug-likeness (QED) is 0.235. The number of hydrogen-bond acceptors (Lipinski definition) is 7. The van der Waals surface area contributed by atoms with Gasteiger partial charge in [0.25, 0.3) is 0 Å². The molecular formula is C25H27F3N2O3S2. The zero-order chi connectivity index (χ0) is 24.7. The summed E-state index contributed by atoms with van der Waals surface area (Å²) in [6.07, 6.45) is 1.19. The van der Waals surface area contributed by atoms with Crippen LogP contribution in [0.25, 0.3) is 10.9 Å². The van der Waals surface area contributed by atoms with Crippen molar-refractivity contribution < 1.29 is 22.3 Å². The number of thioether (sulfide) groups is 2. The zero-order valence-electron chi connectivity index (χ0n) is 19.2. The summed E-state index contributed by atoms with van der Waals surface area (Å²) >= 11 is 3.54. The van der Waals surface area contributed by atoms with Crippen LogP contribution in [0.4, 0.5) is 13.2 Å². The van der Waals surface area contributed by atoms with Crippen molar-refractivity contribution in [3.8, 4) is 5.75 Å². The monoisotopic (exact) mass is 524 g/mol. The Hall–Kier alpha value is -2.17. The molecule has 0 atom stereocenters. The molecule has 3 aromatic rings. The average molecular weight is 525 g/mol. The number of pyridine rings is 1. The maximum atomic E-state index is 12.9. The highest BCUT2D eigenvalue weighted by atomic mass is 32.2. The Morgan fingerprint density at radius 2 is 1.94 bits per heavy atom. The maximum Gasteiger partial charge on any atom is 0.416 e. The lowest BCUT2D eigenvalue weighted by atomic mass is 10.1.